The summed E-state index contributed by atoms with van der Waals surface area (Å²) >= 11 is 3.21. The van der Waals surface area contributed by atoms with E-state index in [0.717, 1.165) is 25.3 Å². The van der Waals surface area contributed by atoms with Gasteiger partial charge < -0.3 is 5.32 Å². The Kier molecular flexibility index (Phi) is 5.74. The Bertz CT molecular complexity index is 928. The highest BCUT2D eigenvalue weighted by molar-refractivity contribution is 9.10. The van der Waals surface area contributed by atoms with E-state index in [0.29, 0.717) is 23.2 Å². The summed E-state index contributed by atoms with van der Waals surface area (Å²) in [5.74, 6) is -1.05. The molecule has 0 radical (unpaired) electrons. The fourth-order valence-electron chi connectivity index (χ4n) is 2.86. The molecule has 2 aromatic carbocycles. The van der Waals surface area contributed by atoms with E-state index in [1.54, 1.807) is 12.1 Å². The van der Waals surface area contributed by atoms with Crippen LogP contribution in [0.15, 0.2) is 51.8 Å². The minimum atomic E-state index is -3.59. The fourth-order valence-corrected chi connectivity index (χ4v) is 4.85. The van der Waals surface area contributed by atoms with Crippen LogP contribution in [-0.4, -0.2) is 31.7 Å². The second-order valence-corrected chi connectivity index (χ2v) is 8.86. The first-order valence-electron chi connectivity index (χ1n) is 8.24. The molecule has 0 bridgehead atoms. The van der Waals surface area contributed by atoms with Crippen molar-refractivity contribution in [2.24, 2.45) is 0 Å². The third-order valence-corrected chi connectivity index (χ3v) is 6.80. The number of halogens is 2. The van der Waals surface area contributed by atoms with Gasteiger partial charge in [0.1, 0.15) is 5.82 Å². The zero-order valence-electron chi connectivity index (χ0n) is 13.9. The molecule has 0 atom stereocenters. The summed E-state index contributed by atoms with van der Waals surface area (Å²) in [6, 6.07) is 9.92. The van der Waals surface area contributed by atoms with Crippen LogP contribution in [0.3, 0.4) is 0 Å². The van der Waals surface area contributed by atoms with E-state index < -0.39 is 21.7 Å². The maximum Gasteiger partial charge on any atom is 0.256 e. The number of rotatable bonds is 4. The molecule has 1 N–H and O–H groups in total. The first kappa shape index (κ1) is 19.0. The number of nitrogens with zero attached hydrogens (tertiary/aromatic N) is 1. The maximum atomic E-state index is 13.4. The van der Waals surface area contributed by atoms with Gasteiger partial charge in [0.05, 0.1) is 10.5 Å². The second kappa shape index (κ2) is 7.85. The van der Waals surface area contributed by atoms with Crippen molar-refractivity contribution in [1.29, 1.82) is 0 Å². The molecule has 1 aliphatic rings. The predicted molar refractivity (Wildman–Crippen MR) is 101 cm³/mol. The molecular formula is C18H18BrFN2O3S. The van der Waals surface area contributed by atoms with Crippen molar-refractivity contribution in [3.05, 3.63) is 58.3 Å². The zero-order valence-corrected chi connectivity index (χ0v) is 16.3. The minimum absolute atomic E-state index is 0.134. The fraction of sp³-hybridized carbons (Fsp3) is 0.278. The summed E-state index contributed by atoms with van der Waals surface area (Å²) in [7, 11) is -3.59. The molecule has 1 aliphatic heterocycles. The van der Waals surface area contributed by atoms with Gasteiger partial charge in [-0.25, -0.2) is 12.8 Å². The Labute approximate surface area is 160 Å². The van der Waals surface area contributed by atoms with Gasteiger partial charge in [-0.1, -0.05) is 12.5 Å². The number of piperidine rings is 1. The van der Waals surface area contributed by atoms with Crippen molar-refractivity contribution in [3.63, 3.8) is 0 Å². The van der Waals surface area contributed by atoms with Gasteiger partial charge in [0.25, 0.3) is 5.91 Å². The van der Waals surface area contributed by atoms with Crippen LogP contribution in [-0.2, 0) is 10.0 Å². The van der Waals surface area contributed by atoms with Gasteiger partial charge in [0, 0.05) is 23.2 Å². The van der Waals surface area contributed by atoms with Crippen molar-refractivity contribution in [1.82, 2.24) is 4.31 Å². The quantitative estimate of drug-likeness (QED) is 0.780. The maximum absolute atomic E-state index is 13.4. The molecule has 2 aromatic rings. The number of sulfonamides is 1. The third kappa shape index (κ3) is 4.13. The van der Waals surface area contributed by atoms with E-state index in [-0.39, 0.29) is 10.5 Å². The van der Waals surface area contributed by atoms with Gasteiger partial charge in [-0.15, -0.1) is 0 Å². The minimum Gasteiger partial charge on any atom is -0.322 e. The summed E-state index contributed by atoms with van der Waals surface area (Å²) < 4.78 is 40.8. The Morgan fingerprint density at radius 3 is 2.54 bits per heavy atom. The Balaban J connectivity index is 1.83. The molecule has 0 spiro atoms. The lowest BCUT2D eigenvalue weighted by Gasteiger charge is -2.26. The van der Waals surface area contributed by atoms with Gasteiger partial charge in [0.15, 0.2) is 0 Å². The van der Waals surface area contributed by atoms with Crippen molar-refractivity contribution >= 4 is 37.5 Å². The van der Waals surface area contributed by atoms with Crippen LogP contribution in [0.5, 0.6) is 0 Å². The second-order valence-electron chi connectivity index (χ2n) is 6.07. The van der Waals surface area contributed by atoms with Crippen molar-refractivity contribution in [2.75, 3.05) is 18.4 Å². The van der Waals surface area contributed by atoms with Crippen molar-refractivity contribution < 1.29 is 17.6 Å². The summed E-state index contributed by atoms with van der Waals surface area (Å²) in [5, 5.41) is 2.62. The number of amides is 1. The molecule has 0 saturated carbocycles. The molecule has 1 heterocycles. The molecule has 26 heavy (non-hydrogen) atoms. The van der Waals surface area contributed by atoms with Gasteiger partial charge in [0.2, 0.25) is 10.0 Å². The number of nitrogens with one attached hydrogen (secondary N) is 1. The number of anilines is 1. The van der Waals surface area contributed by atoms with E-state index in [1.807, 2.05) is 0 Å². The van der Waals surface area contributed by atoms with E-state index in [2.05, 4.69) is 21.2 Å². The van der Waals surface area contributed by atoms with Crippen LogP contribution in [0.4, 0.5) is 10.1 Å². The SMILES string of the molecule is O=C(Nc1cccc(S(=O)(=O)N2CCCCC2)c1)c1cc(F)ccc1Br. The highest BCUT2D eigenvalue weighted by Gasteiger charge is 2.26. The molecule has 8 heteroatoms. The molecular weight excluding hydrogens is 423 g/mol. The number of hydrogen-bond donors (Lipinski definition) is 1. The highest BCUT2D eigenvalue weighted by atomic mass is 79.9. The van der Waals surface area contributed by atoms with Crippen LogP contribution in [0, 0.1) is 5.82 Å². The van der Waals surface area contributed by atoms with Crippen LogP contribution in [0.25, 0.3) is 0 Å². The third-order valence-electron chi connectivity index (χ3n) is 4.22. The Morgan fingerprint density at radius 1 is 1.08 bits per heavy atom. The van der Waals surface area contributed by atoms with Crippen LogP contribution >= 0.6 is 15.9 Å². The Morgan fingerprint density at radius 2 is 1.81 bits per heavy atom. The Hall–Kier alpha value is -1.77. The number of carbonyl (C=O) groups is 1. The standard InChI is InChI=1S/C18H18BrFN2O3S/c19-17-8-7-13(20)11-16(17)18(23)21-14-5-4-6-15(12-14)26(24,25)22-9-2-1-3-10-22/h4-8,11-12H,1-3,9-10H2,(H,21,23). The van der Waals surface area contributed by atoms with E-state index in [1.165, 1.54) is 28.6 Å². The molecule has 5 nitrogen and oxygen atoms in total. The van der Waals surface area contributed by atoms with E-state index in [9.17, 15) is 17.6 Å². The number of carbonyl (C=O) groups excluding carboxylic acids is 1. The predicted octanol–water partition coefficient (Wildman–Crippen LogP) is 4.02. The summed E-state index contributed by atoms with van der Waals surface area (Å²) in [5.41, 5.74) is 0.471. The molecule has 138 valence electrons. The lowest BCUT2D eigenvalue weighted by Crippen LogP contribution is -2.35. The normalized spacial score (nSPS) is 15.6. The average Bonchev–Trinajstić information content (AvgIpc) is 2.64. The van der Waals surface area contributed by atoms with Crippen LogP contribution in [0.1, 0.15) is 29.6 Å². The monoisotopic (exact) mass is 440 g/mol. The lowest BCUT2D eigenvalue weighted by molar-refractivity contribution is 0.102. The van der Waals surface area contributed by atoms with Crippen LogP contribution < -0.4 is 5.32 Å². The number of benzene rings is 2. The van der Waals surface area contributed by atoms with Gasteiger partial charge in [-0.2, -0.15) is 4.31 Å². The van der Waals surface area contributed by atoms with Gasteiger partial charge in [-0.3, -0.25) is 4.79 Å². The molecule has 3 rings (SSSR count). The molecule has 1 fully saturated rings. The summed E-state index contributed by atoms with van der Waals surface area (Å²) in [4.78, 5) is 12.5. The topological polar surface area (TPSA) is 66.5 Å². The summed E-state index contributed by atoms with van der Waals surface area (Å²) in [6.45, 7) is 1.02. The highest BCUT2D eigenvalue weighted by Crippen LogP contribution is 2.24. The van der Waals surface area contributed by atoms with Crippen LogP contribution in [0.2, 0.25) is 0 Å². The molecule has 0 unspecified atom stereocenters. The molecule has 1 amide bonds. The first-order valence-corrected chi connectivity index (χ1v) is 10.5. The molecule has 0 aromatic heterocycles. The average molecular weight is 441 g/mol. The smallest absolute Gasteiger partial charge is 0.256 e. The number of hydrogen-bond acceptors (Lipinski definition) is 3. The van der Waals surface area contributed by atoms with E-state index >= 15 is 0 Å². The first-order chi connectivity index (χ1) is 12.4. The zero-order chi connectivity index (χ0) is 18.7. The summed E-state index contributed by atoms with van der Waals surface area (Å²) in [6.07, 6.45) is 2.73. The van der Waals surface area contributed by atoms with Gasteiger partial charge in [-0.05, 0) is 65.2 Å². The van der Waals surface area contributed by atoms with E-state index in [4.69, 9.17) is 0 Å². The van der Waals surface area contributed by atoms with Gasteiger partial charge >= 0.3 is 0 Å². The van der Waals surface area contributed by atoms with Crippen molar-refractivity contribution in [3.8, 4) is 0 Å². The molecule has 0 aliphatic carbocycles. The molecule has 1 saturated heterocycles. The van der Waals surface area contributed by atoms with Crippen molar-refractivity contribution in [2.45, 2.75) is 24.2 Å². The lowest BCUT2D eigenvalue weighted by atomic mass is 10.2. The largest absolute Gasteiger partial charge is 0.322 e.